The van der Waals surface area contributed by atoms with E-state index in [4.69, 9.17) is 34.8 Å². The van der Waals surface area contributed by atoms with E-state index in [0.29, 0.717) is 32.9 Å². The van der Waals surface area contributed by atoms with Crippen LogP contribution in [0.4, 0.5) is 5.69 Å². The van der Waals surface area contributed by atoms with Gasteiger partial charge < -0.3 is 10.2 Å². The number of carbonyl (C=O) groups is 2. The molecule has 0 heterocycles. The highest BCUT2D eigenvalue weighted by molar-refractivity contribution is 7.92. The Balaban J connectivity index is 2.08. The minimum absolute atomic E-state index is 0.0299. The highest BCUT2D eigenvalue weighted by Gasteiger charge is 2.34. The Hall–Kier alpha value is -2.78. The topological polar surface area (TPSA) is 86.8 Å². The first-order valence-corrected chi connectivity index (χ1v) is 15.8. The Morgan fingerprint density at radius 2 is 1.49 bits per heavy atom. The van der Waals surface area contributed by atoms with Crippen LogP contribution in [0.5, 0.6) is 0 Å². The minimum Gasteiger partial charge on any atom is -0.354 e. The molecule has 0 unspecified atom stereocenters. The van der Waals surface area contributed by atoms with Gasteiger partial charge in [-0.25, -0.2) is 8.42 Å². The summed E-state index contributed by atoms with van der Waals surface area (Å²) < 4.78 is 28.8. The molecule has 0 fully saturated rings. The monoisotopic (exact) mass is 637 g/mol. The molecular formula is C30H34Cl3N3O4S. The van der Waals surface area contributed by atoms with E-state index < -0.39 is 28.5 Å². The van der Waals surface area contributed by atoms with Crippen LogP contribution in [-0.2, 0) is 26.2 Å². The summed E-state index contributed by atoms with van der Waals surface area (Å²) in [6.45, 7) is 7.37. The molecule has 1 atom stereocenters. The van der Waals surface area contributed by atoms with Crippen LogP contribution in [0.15, 0.2) is 71.6 Å². The van der Waals surface area contributed by atoms with Gasteiger partial charge in [0.2, 0.25) is 11.8 Å². The fourth-order valence-electron chi connectivity index (χ4n) is 4.17. The molecule has 0 bridgehead atoms. The predicted molar refractivity (Wildman–Crippen MR) is 166 cm³/mol. The van der Waals surface area contributed by atoms with Gasteiger partial charge in [-0.2, -0.15) is 0 Å². The molecule has 0 aliphatic heterocycles. The van der Waals surface area contributed by atoms with Crippen LogP contribution in [-0.4, -0.2) is 44.3 Å². The van der Waals surface area contributed by atoms with Crippen LogP contribution >= 0.6 is 34.8 Å². The van der Waals surface area contributed by atoms with E-state index in [1.54, 1.807) is 49.4 Å². The molecule has 0 saturated heterocycles. The van der Waals surface area contributed by atoms with Crippen LogP contribution in [0.2, 0.25) is 15.1 Å². The van der Waals surface area contributed by atoms with E-state index in [9.17, 15) is 18.0 Å². The Morgan fingerprint density at radius 3 is 2.02 bits per heavy atom. The van der Waals surface area contributed by atoms with Crippen molar-refractivity contribution in [1.82, 2.24) is 10.2 Å². The second-order valence-corrected chi connectivity index (χ2v) is 13.2. The van der Waals surface area contributed by atoms with Crippen LogP contribution in [0.3, 0.4) is 0 Å². The lowest BCUT2D eigenvalue weighted by Gasteiger charge is -2.33. The van der Waals surface area contributed by atoms with Crippen molar-refractivity contribution in [3.63, 3.8) is 0 Å². The van der Waals surface area contributed by atoms with Crippen molar-refractivity contribution in [2.24, 2.45) is 5.92 Å². The molecule has 0 saturated carbocycles. The van der Waals surface area contributed by atoms with Crippen molar-refractivity contribution in [3.8, 4) is 0 Å². The molecule has 0 aromatic heterocycles. The lowest BCUT2D eigenvalue weighted by atomic mass is 10.1. The molecule has 1 N–H and O–H groups in total. The number of anilines is 1. The van der Waals surface area contributed by atoms with Gasteiger partial charge in [-0.05, 0) is 67.8 Å². The molecule has 41 heavy (non-hydrogen) atoms. The van der Waals surface area contributed by atoms with E-state index in [0.717, 1.165) is 9.87 Å². The Bertz CT molecular complexity index is 1440. The average Bonchev–Trinajstić information content (AvgIpc) is 2.92. The number of aryl methyl sites for hydroxylation is 1. The lowest BCUT2D eigenvalue weighted by Crippen LogP contribution is -2.52. The van der Waals surface area contributed by atoms with Gasteiger partial charge >= 0.3 is 0 Å². The SMILES string of the molecule is CC[C@H](C(=O)NCC(C)C)N(Cc1c(Cl)cccc1Cl)C(=O)CN(c1ccc(C)cc1)S(=O)(=O)c1ccc(Cl)cc1. The zero-order valence-electron chi connectivity index (χ0n) is 23.4. The molecule has 0 aliphatic carbocycles. The van der Waals surface area contributed by atoms with Crippen molar-refractivity contribution in [2.45, 2.75) is 51.6 Å². The number of amides is 2. The van der Waals surface area contributed by atoms with E-state index in [1.807, 2.05) is 20.8 Å². The van der Waals surface area contributed by atoms with E-state index in [-0.39, 0.29) is 29.7 Å². The number of carbonyl (C=O) groups excluding carboxylic acids is 2. The second-order valence-electron chi connectivity index (χ2n) is 10.1. The molecule has 3 rings (SSSR count). The maximum Gasteiger partial charge on any atom is 0.264 e. The zero-order chi connectivity index (χ0) is 30.3. The summed E-state index contributed by atoms with van der Waals surface area (Å²) in [7, 11) is -4.20. The summed E-state index contributed by atoms with van der Waals surface area (Å²) in [5.41, 5.74) is 1.68. The van der Waals surface area contributed by atoms with Gasteiger partial charge in [0.1, 0.15) is 12.6 Å². The Morgan fingerprint density at radius 1 is 0.902 bits per heavy atom. The van der Waals surface area contributed by atoms with Crippen molar-refractivity contribution in [3.05, 3.63) is 92.9 Å². The van der Waals surface area contributed by atoms with Gasteiger partial charge in [0.15, 0.2) is 0 Å². The van der Waals surface area contributed by atoms with Crippen molar-refractivity contribution >= 4 is 62.3 Å². The molecule has 7 nitrogen and oxygen atoms in total. The van der Waals surface area contributed by atoms with Crippen LogP contribution in [0.1, 0.15) is 38.3 Å². The van der Waals surface area contributed by atoms with Crippen LogP contribution in [0, 0.1) is 12.8 Å². The molecule has 0 aliphatic rings. The number of nitrogens with one attached hydrogen (secondary N) is 1. The molecule has 2 amide bonds. The number of nitrogens with zero attached hydrogens (tertiary/aromatic N) is 2. The van der Waals surface area contributed by atoms with Crippen molar-refractivity contribution in [2.75, 3.05) is 17.4 Å². The Kier molecular flexibility index (Phi) is 11.5. The number of hydrogen-bond donors (Lipinski definition) is 1. The molecule has 0 spiro atoms. The molecule has 3 aromatic carbocycles. The number of rotatable bonds is 12. The van der Waals surface area contributed by atoms with Crippen molar-refractivity contribution < 1.29 is 18.0 Å². The second kappa shape index (κ2) is 14.4. The standard InChI is InChI=1S/C30H34Cl3N3O4S/c1-5-28(30(38)34-17-20(2)3)35(18-25-26(32)7-6-8-27(25)33)29(37)19-36(23-13-9-21(4)10-14-23)41(39,40)24-15-11-22(31)12-16-24/h6-16,20,28H,5,17-19H2,1-4H3,(H,34,38)/t28-/m1/s1. The van der Waals surface area contributed by atoms with E-state index in [1.165, 1.54) is 29.2 Å². The summed E-state index contributed by atoms with van der Waals surface area (Å²) in [6, 6.07) is 16.6. The summed E-state index contributed by atoms with van der Waals surface area (Å²) in [6.07, 6.45) is 0.284. The van der Waals surface area contributed by atoms with Crippen molar-refractivity contribution in [1.29, 1.82) is 0 Å². The first kappa shape index (κ1) is 32.7. The summed E-state index contributed by atoms with van der Waals surface area (Å²) in [5, 5.41) is 3.93. The third kappa shape index (κ3) is 8.38. The third-order valence-corrected chi connectivity index (χ3v) is 9.21. The molecule has 220 valence electrons. The fraction of sp³-hybridized carbons (Fsp3) is 0.333. The average molecular weight is 639 g/mol. The fourth-order valence-corrected chi connectivity index (χ4v) is 6.23. The van der Waals surface area contributed by atoms with Gasteiger partial charge in [0, 0.05) is 33.7 Å². The molecule has 0 radical (unpaired) electrons. The highest BCUT2D eigenvalue weighted by atomic mass is 35.5. The maximum atomic E-state index is 14.1. The smallest absolute Gasteiger partial charge is 0.264 e. The molecule has 3 aromatic rings. The van der Waals surface area contributed by atoms with Crippen LogP contribution < -0.4 is 9.62 Å². The molecule has 11 heteroatoms. The van der Waals surface area contributed by atoms with Gasteiger partial charge in [-0.15, -0.1) is 0 Å². The minimum atomic E-state index is -4.20. The highest BCUT2D eigenvalue weighted by Crippen LogP contribution is 2.29. The zero-order valence-corrected chi connectivity index (χ0v) is 26.5. The first-order valence-electron chi connectivity index (χ1n) is 13.2. The normalized spacial score (nSPS) is 12.2. The first-order chi connectivity index (χ1) is 19.3. The lowest BCUT2D eigenvalue weighted by molar-refractivity contribution is -0.140. The summed E-state index contributed by atoms with van der Waals surface area (Å²) in [5.74, 6) is -0.744. The number of sulfonamides is 1. The predicted octanol–water partition coefficient (Wildman–Crippen LogP) is 6.73. The largest absolute Gasteiger partial charge is 0.354 e. The van der Waals surface area contributed by atoms with Gasteiger partial charge in [0.05, 0.1) is 10.6 Å². The Labute approximate surface area is 257 Å². The van der Waals surface area contributed by atoms with Crippen LogP contribution in [0.25, 0.3) is 0 Å². The van der Waals surface area contributed by atoms with E-state index >= 15 is 0 Å². The maximum absolute atomic E-state index is 14.1. The van der Waals surface area contributed by atoms with E-state index in [2.05, 4.69) is 5.32 Å². The summed E-state index contributed by atoms with van der Waals surface area (Å²) >= 11 is 18.9. The number of halogens is 3. The molecular weight excluding hydrogens is 605 g/mol. The third-order valence-electron chi connectivity index (χ3n) is 6.46. The number of hydrogen-bond acceptors (Lipinski definition) is 4. The van der Waals surface area contributed by atoms with Gasteiger partial charge in [0.25, 0.3) is 10.0 Å². The summed E-state index contributed by atoms with van der Waals surface area (Å²) in [4.78, 5) is 28.8. The van der Waals surface area contributed by atoms with Gasteiger partial charge in [-0.3, -0.25) is 13.9 Å². The van der Waals surface area contributed by atoms with Gasteiger partial charge in [-0.1, -0.05) is 79.3 Å². The number of benzene rings is 3. The quantitative estimate of drug-likeness (QED) is 0.238.